The minimum atomic E-state index is -3.41. The second kappa shape index (κ2) is 12.6. The number of benzene rings is 2. The van der Waals surface area contributed by atoms with Gasteiger partial charge in [0.2, 0.25) is 0 Å². The lowest BCUT2D eigenvalue weighted by atomic mass is 10.1. The van der Waals surface area contributed by atoms with E-state index in [0.29, 0.717) is 36.6 Å². The average Bonchev–Trinajstić information content (AvgIpc) is 3.08. The van der Waals surface area contributed by atoms with E-state index in [-0.39, 0.29) is 25.3 Å². The van der Waals surface area contributed by atoms with E-state index in [9.17, 15) is 9.36 Å². The molecule has 0 N–H and O–H groups in total. The number of rotatable bonds is 11. The minimum absolute atomic E-state index is 0.141. The number of aryl methyl sites for hydroxylation is 1. The number of aromatic nitrogens is 2. The summed E-state index contributed by atoms with van der Waals surface area (Å²) in [5.74, 6) is 1.15. The highest BCUT2D eigenvalue weighted by molar-refractivity contribution is 7.53. The molecule has 2 aromatic heterocycles. The molecule has 1 amide bonds. The molecule has 4 aromatic rings. The zero-order valence-corrected chi connectivity index (χ0v) is 23.7. The predicted molar refractivity (Wildman–Crippen MR) is 157 cm³/mol. The maximum Gasteiger partial charge on any atom is 0.331 e. The molecule has 206 valence electrons. The van der Waals surface area contributed by atoms with Crippen molar-refractivity contribution in [1.82, 2.24) is 9.97 Å². The van der Waals surface area contributed by atoms with E-state index in [4.69, 9.17) is 9.05 Å². The van der Waals surface area contributed by atoms with Crippen LogP contribution < -0.4 is 9.80 Å². The maximum absolute atomic E-state index is 13.8. The molecular formula is C31H33N4O4P. The highest BCUT2D eigenvalue weighted by Crippen LogP contribution is 2.50. The summed E-state index contributed by atoms with van der Waals surface area (Å²) in [6, 6.07) is 24.9. The van der Waals surface area contributed by atoms with Gasteiger partial charge in [0.05, 0.1) is 30.6 Å². The van der Waals surface area contributed by atoms with Crippen LogP contribution in [0.2, 0.25) is 0 Å². The molecule has 9 heteroatoms. The van der Waals surface area contributed by atoms with Crippen molar-refractivity contribution < 1.29 is 18.4 Å². The van der Waals surface area contributed by atoms with Crippen molar-refractivity contribution in [1.29, 1.82) is 0 Å². The van der Waals surface area contributed by atoms with Crippen LogP contribution >= 0.6 is 7.60 Å². The summed E-state index contributed by atoms with van der Waals surface area (Å²) < 4.78 is 25.6. The number of hydrogen-bond donors (Lipinski definition) is 0. The van der Waals surface area contributed by atoms with Crippen molar-refractivity contribution in [2.45, 2.75) is 33.0 Å². The number of pyridine rings is 2. The van der Waals surface area contributed by atoms with Crippen molar-refractivity contribution >= 4 is 30.8 Å². The number of carbonyl (C=O) groups is 1. The first-order chi connectivity index (χ1) is 19.5. The van der Waals surface area contributed by atoms with Crippen molar-refractivity contribution in [3.05, 3.63) is 114 Å². The first-order valence-electron chi connectivity index (χ1n) is 13.4. The zero-order chi connectivity index (χ0) is 28.0. The Morgan fingerprint density at radius 1 is 0.825 bits per heavy atom. The molecule has 8 nitrogen and oxygen atoms in total. The number of nitrogens with zero attached hydrogens (tertiary/aromatic N) is 4. The molecule has 0 atom stereocenters. The zero-order valence-electron chi connectivity index (χ0n) is 22.8. The van der Waals surface area contributed by atoms with Crippen molar-refractivity contribution in [3.63, 3.8) is 0 Å². The number of hydrogen-bond acceptors (Lipinski definition) is 7. The summed E-state index contributed by atoms with van der Waals surface area (Å²) >= 11 is 0. The molecule has 0 spiro atoms. The monoisotopic (exact) mass is 556 g/mol. The third-order valence-electron chi connectivity index (χ3n) is 6.85. The second-order valence-electron chi connectivity index (χ2n) is 9.63. The van der Waals surface area contributed by atoms with Crippen LogP contribution in [0.1, 0.15) is 40.4 Å². The molecule has 0 bridgehead atoms. The van der Waals surface area contributed by atoms with Crippen LogP contribution in [0.15, 0.2) is 91.3 Å². The number of carbonyl (C=O) groups excluding carboxylic acids is 1. The Balaban J connectivity index is 1.31. The van der Waals surface area contributed by atoms with Gasteiger partial charge < -0.3 is 18.8 Å². The molecule has 0 aliphatic carbocycles. The fourth-order valence-electron chi connectivity index (χ4n) is 4.70. The van der Waals surface area contributed by atoms with Gasteiger partial charge in [-0.05, 0) is 54.7 Å². The van der Waals surface area contributed by atoms with E-state index in [2.05, 4.69) is 9.97 Å². The Bertz CT molecular complexity index is 1450. The minimum Gasteiger partial charge on any atom is -0.309 e. The molecule has 1 aliphatic heterocycles. The Kier molecular flexibility index (Phi) is 8.70. The largest absolute Gasteiger partial charge is 0.331 e. The average molecular weight is 557 g/mol. The van der Waals surface area contributed by atoms with Crippen LogP contribution in [0.3, 0.4) is 0 Å². The summed E-state index contributed by atoms with van der Waals surface area (Å²) in [6.07, 6.45) is 4.86. The highest BCUT2D eigenvalue weighted by Gasteiger charge is 2.31. The summed E-state index contributed by atoms with van der Waals surface area (Å²) in [5.41, 5.74) is 4.00. The summed E-state index contributed by atoms with van der Waals surface area (Å²) in [4.78, 5) is 26.2. The van der Waals surface area contributed by atoms with Gasteiger partial charge in [-0.25, -0.2) is 9.97 Å². The van der Waals surface area contributed by atoms with Gasteiger partial charge in [-0.1, -0.05) is 60.7 Å². The third-order valence-corrected chi connectivity index (χ3v) is 8.76. The first-order valence-corrected chi connectivity index (χ1v) is 15.2. The number of fused-ring (bicyclic) bond motifs is 2. The molecule has 0 unspecified atom stereocenters. The molecule has 0 saturated heterocycles. The Morgan fingerprint density at radius 3 is 2.10 bits per heavy atom. The van der Waals surface area contributed by atoms with Crippen LogP contribution in [0.5, 0.6) is 0 Å². The van der Waals surface area contributed by atoms with E-state index >= 15 is 0 Å². The van der Waals surface area contributed by atoms with E-state index in [0.717, 1.165) is 22.4 Å². The van der Waals surface area contributed by atoms with Gasteiger partial charge in [-0.15, -0.1) is 0 Å². The SMILES string of the molecule is CCN1c2ncc(CCCP(=O)(OCc3ccccc3)OCc3ccccc3)cc2C(=O)N(C)c2cccnc21. The van der Waals surface area contributed by atoms with Crippen LogP contribution in [0, 0.1) is 0 Å². The van der Waals surface area contributed by atoms with E-state index < -0.39 is 7.60 Å². The predicted octanol–water partition coefficient (Wildman–Crippen LogP) is 6.78. The van der Waals surface area contributed by atoms with Gasteiger partial charge in [0.15, 0.2) is 5.82 Å². The Morgan fingerprint density at radius 2 is 1.48 bits per heavy atom. The van der Waals surface area contributed by atoms with E-state index in [1.54, 1.807) is 24.3 Å². The molecule has 3 heterocycles. The van der Waals surface area contributed by atoms with Crippen molar-refractivity contribution in [2.75, 3.05) is 29.6 Å². The Hall–Kier alpha value is -3.84. The lowest BCUT2D eigenvalue weighted by molar-refractivity contribution is 0.0994. The van der Waals surface area contributed by atoms with Crippen LogP contribution in [0.4, 0.5) is 17.3 Å². The van der Waals surface area contributed by atoms with E-state index in [1.807, 2.05) is 90.7 Å². The summed E-state index contributed by atoms with van der Waals surface area (Å²) in [6.45, 7) is 3.03. The molecule has 40 heavy (non-hydrogen) atoms. The summed E-state index contributed by atoms with van der Waals surface area (Å²) in [7, 11) is -1.65. The van der Waals surface area contributed by atoms with Crippen molar-refractivity contribution in [3.8, 4) is 0 Å². The summed E-state index contributed by atoms with van der Waals surface area (Å²) in [5, 5.41) is 0. The van der Waals surface area contributed by atoms with Crippen LogP contribution in [-0.4, -0.2) is 35.6 Å². The van der Waals surface area contributed by atoms with Gasteiger partial charge >= 0.3 is 7.60 Å². The normalized spacial score (nSPS) is 13.1. The smallest absolute Gasteiger partial charge is 0.309 e. The van der Waals surface area contributed by atoms with Gasteiger partial charge in [-0.3, -0.25) is 9.36 Å². The number of amides is 1. The quantitative estimate of drug-likeness (QED) is 0.188. The Labute approximate surface area is 235 Å². The third kappa shape index (κ3) is 6.31. The van der Waals surface area contributed by atoms with Gasteiger partial charge in [0.25, 0.3) is 5.91 Å². The molecule has 5 rings (SSSR count). The molecule has 0 saturated carbocycles. The maximum atomic E-state index is 13.8. The lowest BCUT2D eigenvalue weighted by Gasteiger charge is -2.22. The highest BCUT2D eigenvalue weighted by atomic mass is 31.2. The molecule has 1 aliphatic rings. The second-order valence-corrected chi connectivity index (χ2v) is 11.8. The van der Waals surface area contributed by atoms with Crippen LogP contribution in [-0.2, 0) is 33.2 Å². The van der Waals surface area contributed by atoms with Crippen LogP contribution in [0.25, 0.3) is 0 Å². The van der Waals surface area contributed by atoms with Crippen molar-refractivity contribution in [2.24, 2.45) is 0 Å². The molecule has 0 radical (unpaired) electrons. The first kappa shape index (κ1) is 27.7. The molecule has 0 fully saturated rings. The fraction of sp³-hybridized carbons (Fsp3) is 0.258. The van der Waals surface area contributed by atoms with Gasteiger partial charge in [0.1, 0.15) is 5.82 Å². The standard InChI is InChI=1S/C31H33N4O4P/c1-3-35-29-27(31(36)34(2)28-17-10-18-32-30(28)35)20-26(21-33-29)16-11-19-40(37,38-22-24-12-6-4-7-13-24)39-23-25-14-8-5-9-15-25/h4-10,12-15,17-18,20-21H,3,11,16,19,22-23H2,1-2H3. The molecular weight excluding hydrogens is 523 g/mol. The number of anilines is 3. The van der Waals surface area contributed by atoms with E-state index in [1.165, 1.54) is 0 Å². The fourth-order valence-corrected chi connectivity index (χ4v) is 6.27. The lowest BCUT2D eigenvalue weighted by Crippen LogP contribution is -2.25. The van der Waals surface area contributed by atoms with Gasteiger partial charge in [0, 0.05) is 26.0 Å². The topological polar surface area (TPSA) is 84.9 Å². The molecule has 2 aromatic carbocycles. The van der Waals surface area contributed by atoms with Gasteiger partial charge in [-0.2, -0.15) is 0 Å².